The zero-order valence-electron chi connectivity index (χ0n) is 10.1. The molecule has 0 spiro atoms. The lowest BCUT2D eigenvalue weighted by atomic mass is 10.2. The van der Waals surface area contributed by atoms with Gasteiger partial charge < -0.3 is 10.0 Å². The summed E-state index contributed by atoms with van der Waals surface area (Å²) < 4.78 is 23.1. The highest BCUT2D eigenvalue weighted by molar-refractivity contribution is 7.89. The monoisotopic (exact) mass is 340 g/mol. The van der Waals surface area contributed by atoms with Crippen LogP contribution in [0.15, 0.2) is 17.0 Å². The second-order valence-corrected chi connectivity index (χ2v) is 5.98. The van der Waals surface area contributed by atoms with Crippen LogP contribution in [-0.4, -0.2) is 31.9 Å². The molecule has 1 amide bonds. The predicted molar refractivity (Wildman–Crippen MR) is 73.5 cm³/mol. The van der Waals surface area contributed by atoms with Crippen LogP contribution in [0.4, 0.5) is 5.69 Å². The first-order valence-electron chi connectivity index (χ1n) is 5.16. The van der Waals surface area contributed by atoms with E-state index in [1.807, 2.05) is 0 Å². The lowest BCUT2D eigenvalue weighted by molar-refractivity contribution is -0.148. The first-order chi connectivity index (χ1) is 9.09. The molecule has 0 atom stereocenters. The SMILES string of the molecule is CCN(C(=O)C(=O)O)c1cc(Cl)cc(Cl)c1S(N)(=O)=O. The fraction of sp³-hybridized carbons (Fsp3) is 0.200. The van der Waals surface area contributed by atoms with Crippen LogP contribution in [-0.2, 0) is 19.6 Å². The number of carboxylic acids is 1. The van der Waals surface area contributed by atoms with Crippen LogP contribution < -0.4 is 10.0 Å². The average Bonchev–Trinajstić information content (AvgIpc) is 2.26. The van der Waals surface area contributed by atoms with E-state index in [9.17, 15) is 18.0 Å². The lowest BCUT2D eigenvalue weighted by Gasteiger charge is -2.22. The van der Waals surface area contributed by atoms with Gasteiger partial charge in [0, 0.05) is 11.6 Å². The van der Waals surface area contributed by atoms with Gasteiger partial charge in [0.25, 0.3) is 0 Å². The average molecular weight is 341 g/mol. The molecule has 0 saturated heterocycles. The summed E-state index contributed by atoms with van der Waals surface area (Å²) in [5, 5.41) is 13.5. The van der Waals surface area contributed by atoms with Crippen molar-refractivity contribution < 1.29 is 23.1 Å². The van der Waals surface area contributed by atoms with E-state index in [4.69, 9.17) is 33.4 Å². The molecule has 1 aromatic rings. The largest absolute Gasteiger partial charge is 0.474 e. The predicted octanol–water partition coefficient (Wildman–Crippen LogP) is 1.08. The van der Waals surface area contributed by atoms with Crippen molar-refractivity contribution in [1.29, 1.82) is 0 Å². The van der Waals surface area contributed by atoms with Crippen LogP contribution in [0.25, 0.3) is 0 Å². The normalized spacial score (nSPS) is 11.2. The highest BCUT2D eigenvalue weighted by atomic mass is 35.5. The number of sulfonamides is 1. The van der Waals surface area contributed by atoms with Crippen LogP contribution in [0, 0.1) is 0 Å². The van der Waals surface area contributed by atoms with Crippen molar-refractivity contribution in [2.75, 3.05) is 11.4 Å². The maximum absolute atomic E-state index is 11.6. The number of nitrogens with two attached hydrogens (primary N) is 1. The van der Waals surface area contributed by atoms with Gasteiger partial charge in [-0.05, 0) is 19.1 Å². The van der Waals surface area contributed by atoms with Gasteiger partial charge in [0.05, 0.1) is 10.7 Å². The summed E-state index contributed by atoms with van der Waals surface area (Å²) in [5.74, 6) is -3.07. The number of carbonyl (C=O) groups is 2. The third kappa shape index (κ3) is 3.40. The first-order valence-corrected chi connectivity index (χ1v) is 7.46. The molecule has 0 bridgehead atoms. The molecule has 7 nitrogen and oxygen atoms in total. The standard InChI is InChI=1S/C10H10Cl2N2O5S/c1-2-14(9(15)10(16)17)7-4-5(11)3-6(12)8(7)20(13,18)19/h3-4H,2H2,1H3,(H,16,17)(H2,13,18,19). The molecule has 0 aliphatic carbocycles. The molecule has 10 heteroatoms. The van der Waals surface area contributed by atoms with Crippen molar-refractivity contribution in [2.45, 2.75) is 11.8 Å². The number of rotatable bonds is 3. The molecule has 3 N–H and O–H groups in total. The highest BCUT2D eigenvalue weighted by Gasteiger charge is 2.28. The molecule has 110 valence electrons. The van der Waals surface area contributed by atoms with Gasteiger partial charge in [-0.2, -0.15) is 0 Å². The minimum atomic E-state index is -4.27. The smallest absolute Gasteiger partial charge is 0.394 e. The third-order valence-corrected chi connectivity index (χ3v) is 3.93. The third-order valence-electron chi connectivity index (χ3n) is 2.31. The zero-order valence-corrected chi connectivity index (χ0v) is 12.5. The van der Waals surface area contributed by atoms with E-state index in [-0.39, 0.29) is 22.3 Å². The van der Waals surface area contributed by atoms with Gasteiger partial charge in [-0.25, -0.2) is 18.4 Å². The molecule has 0 fully saturated rings. The van der Waals surface area contributed by atoms with Crippen LogP contribution in [0.5, 0.6) is 0 Å². The topological polar surface area (TPSA) is 118 Å². The van der Waals surface area contributed by atoms with Gasteiger partial charge in [-0.3, -0.25) is 4.79 Å². The summed E-state index contributed by atoms with van der Waals surface area (Å²) in [6.07, 6.45) is 0. The van der Waals surface area contributed by atoms with Crippen molar-refractivity contribution >= 4 is 50.8 Å². The summed E-state index contributed by atoms with van der Waals surface area (Å²) >= 11 is 11.5. The van der Waals surface area contributed by atoms with Crippen LogP contribution in [0.2, 0.25) is 10.0 Å². The molecule has 0 heterocycles. The van der Waals surface area contributed by atoms with Crippen LogP contribution in [0.1, 0.15) is 6.92 Å². The second-order valence-electron chi connectivity index (χ2n) is 3.64. The molecule has 0 aliphatic heterocycles. The molecule has 0 aromatic heterocycles. The van der Waals surface area contributed by atoms with Gasteiger partial charge in [-0.15, -0.1) is 0 Å². The van der Waals surface area contributed by atoms with Gasteiger partial charge >= 0.3 is 11.9 Å². The Balaban J connectivity index is 3.65. The quantitative estimate of drug-likeness (QED) is 0.798. The van der Waals surface area contributed by atoms with Crippen molar-refractivity contribution in [3.05, 3.63) is 22.2 Å². The summed E-state index contributed by atoms with van der Waals surface area (Å²) in [7, 11) is -4.27. The summed E-state index contributed by atoms with van der Waals surface area (Å²) in [6.45, 7) is 1.35. The van der Waals surface area contributed by atoms with Crippen LogP contribution >= 0.6 is 23.2 Å². The Labute approximate surface area is 124 Å². The maximum atomic E-state index is 11.6. The van der Waals surface area contributed by atoms with E-state index in [1.165, 1.54) is 6.92 Å². The molecular formula is C10H10Cl2N2O5S. The Bertz CT molecular complexity index is 674. The Morgan fingerprint density at radius 1 is 1.35 bits per heavy atom. The highest BCUT2D eigenvalue weighted by Crippen LogP contribution is 2.34. The summed E-state index contributed by atoms with van der Waals surface area (Å²) in [6, 6.07) is 2.24. The van der Waals surface area contributed by atoms with Gasteiger partial charge in [0.2, 0.25) is 10.0 Å². The summed E-state index contributed by atoms with van der Waals surface area (Å²) in [4.78, 5) is 22.5. The van der Waals surface area contributed by atoms with E-state index in [2.05, 4.69) is 0 Å². The molecule has 0 saturated carbocycles. The number of primary sulfonamides is 1. The van der Waals surface area contributed by atoms with Gasteiger partial charge in [0.1, 0.15) is 4.90 Å². The number of carbonyl (C=O) groups excluding carboxylic acids is 1. The molecule has 0 unspecified atom stereocenters. The number of hydrogen-bond donors (Lipinski definition) is 2. The Hall–Kier alpha value is -1.35. The summed E-state index contributed by atoms with van der Waals surface area (Å²) in [5.41, 5.74) is -0.278. The van der Waals surface area contributed by atoms with Crippen LogP contribution in [0.3, 0.4) is 0 Å². The number of halogens is 2. The molecule has 1 aromatic carbocycles. The number of carboxylic acid groups (broad SMARTS) is 1. The Morgan fingerprint density at radius 3 is 2.30 bits per heavy atom. The molecule has 20 heavy (non-hydrogen) atoms. The van der Waals surface area contributed by atoms with Crippen molar-refractivity contribution in [1.82, 2.24) is 0 Å². The Morgan fingerprint density at radius 2 is 1.90 bits per heavy atom. The van der Waals surface area contributed by atoms with E-state index in [0.29, 0.717) is 4.90 Å². The van der Waals surface area contributed by atoms with Gasteiger partial charge in [0.15, 0.2) is 0 Å². The molecule has 0 radical (unpaired) electrons. The van der Waals surface area contributed by atoms with E-state index in [0.717, 1.165) is 12.1 Å². The number of nitrogens with zero attached hydrogens (tertiary/aromatic N) is 1. The molecular weight excluding hydrogens is 331 g/mol. The minimum absolute atomic E-state index is 0.0361. The zero-order chi connectivity index (χ0) is 15.7. The number of anilines is 1. The number of likely N-dealkylation sites (N-methyl/N-ethyl adjacent to an activating group) is 1. The number of aliphatic carboxylic acids is 1. The fourth-order valence-corrected chi connectivity index (χ4v) is 3.16. The van der Waals surface area contributed by atoms with Crippen molar-refractivity contribution in [3.8, 4) is 0 Å². The molecule has 0 aliphatic rings. The fourth-order valence-electron chi connectivity index (χ4n) is 1.57. The second kappa shape index (κ2) is 5.96. The number of hydrogen-bond acceptors (Lipinski definition) is 4. The molecule has 1 rings (SSSR count). The van der Waals surface area contributed by atoms with Gasteiger partial charge in [-0.1, -0.05) is 23.2 Å². The van der Waals surface area contributed by atoms with Crippen molar-refractivity contribution in [2.24, 2.45) is 5.14 Å². The van der Waals surface area contributed by atoms with E-state index in [1.54, 1.807) is 0 Å². The maximum Gasteiger partial charge on any atom is 0.394 e. The van der Waals surface area contributed by atoms with E-state index >= 15 is 0 Å². The van der Waals surface area contributed by atoms with E-state index < -0.39 is 26.8 Å². The van der Waals surface area contributed by atoms with Crippen molar-refractivity contribution in [3.63, 3.8) is 0 Å². The number of amides is 1. The first kappa shape index (κ1) is 16.7. The Kier molecular flexibility index (Phi) is 4.98. The number of benzene rings is 1. The lowest BCUT2D eigenvalue weighted by Crippen LogP contribution is -2.37. The minimum Gasteiger partial charge on any atom is -0.474 e.